The minimum Gasteiger partial charge on any atom is -0.466 e. The van der Waals surface area contributed by atoms with E-state index >= 15 is 0 Å². The van der Waals surface area contributed by atoms with E-state index in [0.29, 0.717) is 28.1 Å². The quantitative estimate of drug-likeness (QED) is 0.842. The van der Waals surface area contributed by atoms with E-state index in [1.54, 1.807) is 26.3 Å². The molecule has 2 heterocycles. The maximum absolute atomic E-state index is 12.2. The smallest absolute Gasteiger partial charge is 0.311 e. The van der Waals surface area contributed by atoms with Crippen LogP contribution < -0.4 is 5.32 Å². The zero-order valence-electron chi connectivity index (χ0n) is 12.3. The van der Waals surface area contributed by atoms with Gasteiger partial charge in [0.05, 0.1) is 29.4 Å². The number of nitrogens with zero attached hydrogens (tertiary/aromatic N) is 3. The SMILES string of the molecule is CCOC(=O)Cc1csc(NC(=O)c2c(Cl)c(C)nn2C)n1. The van der Waals surface area contributed by atoms with E-state index in [4.69, 9.17) is 16.3 Å². The lowest BCUT2D eigenvalue weighted by Gasteiger charge is -2.02. The molecule has 0 saturated heterocycles. The second-order valence-corrected chi connectivity index (χ2v) is 5.69. The van der Waals surface area contributed by atoms with E-state index in [2.05, 4.69) is 15.4 Å². The molecule has 7 nitrogen and oxygen atoms in total. The standard InChI is InChI=1S/C13H15ClN4O3S/c1-4-21-9(19)5-8-6-22-13(15-8)16-12(20)11-10(14)7(2)17-18(11)3/h6H,4-5H2,1-3H3,(H,15,16,20). The van der Waals surface area contributed by atoms with E-state index in [9.17, 15) is 9.59 Å². The summed E-state index contributed by atoms with van der Waals surface area (Å²) in [5.74, 6) is -0.749. The van der Waals surface area contributed by atoms with Crippen molar-refractivity contribution in [2.75, 3.05) is 11.9 Å². The Morgan fingerprint density at radius 3 is 2.82 bits per heavy atom. The molecule has 1 amide bonds. The molecule has 0 aliphatic carbocycles. The first-order chi connectivity index (χ1) is 10.4. The minimum atomic E-state index is -0.398. The lowest BCUT2D eigenvalue weighted by molar-refractivity contribution is -0.142. The Balaban J connectivity index is 2.06. The monoisotopic (exact) mass is 342 g/mol. The Hall–Kier alpha value is -1.93. The van der Waals surface area contributed by atoms with Gasteiger partial charge in [0.2, 0.25) is 0 Å². The Bertz CT molecular complexity index is 710. The first-order valence-corrected chi connectivity index (χ1v) is 7.78. The van der Waals surface area contributed by atoms with Crippen molar-refractivity contribution in [2.45, 2.75) is 20.3 Å². The summed E-state index contributed by atoms with van der Waals surface area (Å²) in [7, 11) is 1.64. The maximum atomic E-state index is 12.2. The summed E-state index contributed by atoms with van der Waals surface area (Å²) in [6.45, 7) is 3.79. The van der Waals surface area contributed by atoms with Crippen LogP contribution in [-0.4, -0.2) is 33.2 Å². The normalized spacial score (nSPS) is 10.5. The number of nitrogens with one attached hydrogen (secondary N) is 1. The molecule has 0 bridgehead atoms. The second-order valence-electron chi connectivity index (χ2n) is 4.45. The fourth-order valence-corrected chi connectivity index (χ4v) is 2.79. The van der Waals surface area contributed by atoms with Crippen molar-refractivity contribution in [3.05, 3.63) is 27.5 Å². The fourth-order valence-electron chi connectivity index (χ4n) is 1.84. The first-order valence-electron chi connectivity index (χ1n) is 6.52. The van der Waals surface area contributed by atoms with Gasteiger partial charge in [-0.2, -0.15) is 5.10 Å². The average Bonchev–Trinajstić information content (AvgIpc) is 2.95. The summed E-state index contributed by atoms with van der Waals surface area (Å²) in [6, 6.07) is 0. The van der Waals surface area contributed by atoms with Gasteiger partial charge in [0.15, 0.2) is 5.13 Å². The third kappa shape index (κ3) is 3.63. The third-order valence-corrected chi connectivity index (χ3v) is 4.03. The molecule has 0 aliphatic rings. The van der Waals surface area contributed by atoms with Gasteiger partial charge in [0.25, 0.3) is 5.91 Å². The molecule has 9 heteroatoms. The van der Waals surface area contributed by atoms with Gasteiger partial charge in [-0.15, -0.1) is 11.3 Å². The van der Waals surface area contributed by atoms with Crippen LogP contribution in [0.1, 0.15) is 28.8 Å². The van der Waals surface area contributed by atoms with Crippen molar-refractivity contribution in [3.63, 3.8) is 0 Å². The van der Waals surface area contributed by atoms with Crippen LogP contribution >= 0.6 is 22.9 Å². The van der Waals surface area contributed by atoms with E-state index < -0.39 is 5.91 Å². The maximum Gasteiger partial charge on any atom is 0.311 e. The topological polar surface area (TPSA) is 86.1 Å². The van der Waals surface area contributed by atoms with Crippen molar-refractivity contribution in [1.82, 2.24) is 14.8 Å². The minimum absolute atomic E-state index is 0.0752. The number of thiazole rings is 1. The average molecular weight is 343 g/mol. The van der Waals surface area contributed by atoms with Crippen LogP contribution in [0.5, 0.6) is 0 Å². The van der Waals surface area contributed by atoms with Crippen molar-refractivity contribution >= 4 is 39.9 Å². The van der Waals surface area contributed by atoms with Crippen LogP contribution in [0.2, 0.25) is 5.02 Å². The van der Waals surface area contributed by atoms with Gasteiger partial charge in [-0.05, 0) is 13.8 Å². The highest BCUT2D eigenvalue weighted by Gasteiger charge is 2.20. The molecule has 0 aliphatic heterocycles. The highest BCUT2D eigenvalue weighted by molar-refractivity contribution is 7.14. The van der Waals surface area contributed by atoms with Crippen molar-refractivity contribution in [2.24, 2.45) is 7.05 Å². The summed E-state index contributed by atoms with van der Waals surface area (Å²) in [5.41, 5.74) is 1.39. The summed E-state index contributed by atoms with van der Waals surface area (Å²) in [4.78, 5) is 27.8. The van der Waals surface area contributed by atoms with E-state index in [0.717, 1.165) is 0 Å². The van der Waals surface area contributed by atoms with Gasteiger partial charge in [-0.3, -0.25) is 19.6 Å². The summed E-state index contributed by atoms with van der Waals surface area (Å²) in [5, 5.41) is 9.13. The lowest BCUT2D eigenvalue weighted by Crippen LogP contribution is -2.16. The molecule has 0 saturated carbocycles. The summed E-state index contributed by atoms with van der Waals surface area (Å²) in [6.07, 6.45) is 0.0752. The lowest BCUT2D eigenvalue weighted by atomic mass is 10.3. The van der Waals surface area contributed by atoms with Gasteiger partial charge >= 0.3 is 5.97 Å². The first kappa shape index (κ1) is 16.4. The molecule has 1 N–H and O–H groups in total. The number of hydrogen-bond donors (Lipinski definition) is 1. The zero-order chi connectivity index (χ0) is 16.3. The molecular weight excluding hydrogens is 328 g/mol. The van der Waals surface area contributed by atoms with Gasteiger partial charge in [0, 0.05) is 12.4 Å². The number of anilines is 1. The molecule has 2 aromatic heterocycles. The number of halogens is 1. The van der Waals surface area contributed by atoms with Crippen molar-refractivity contribution in [1.29, 1.82) is 0 Å². The number of hydrogen-bond acceptors (Lipinski definition) is 6. The number of esters is 1. The Morgan fingerprint density at radius 2 is 2.23 bits per heavy atom. The zero-order valence-corrected chi connectivity index (χ0v) is 13.9. The highest BCUT2D eigenvalue weighted by atomic mass is 35.5. The summed E-state index contributed by atoms with van der Waals surface area (Å²) >= 11 is 7.29. The number of rotatable bonds is 5. The molecule has 0 fully saturated rings. The van der Waals surface area contributed by atoms with Crippen molar-refractivity contribution < 1.29 is 14.3 Å². The molecule has 2 rings (SSSR count). The van der Waals surface area contributed by atoms with Gasteiger partial charge < -0.3 is 4.74 Å². The van der Waals surface area contributed by atoms with Crippen LogP contribution in [0.15, 0.2) is 5.38 Å². The van der Waals surface area contributed by atoms with Crippen LogP contribution in [0, 0.1) is 6.92 Å². The van der Waals surface area contributed by atoms with Crippen LogP contribution in [0.3, 0.4) is 0 Å². The fraction of sp³-hybridized carbons (Fsp3) is 0.385. The molecule has 0 atom stereocenters. The molecule has 22 heavy (non-hydrogen) atoms. The number of amides is 1. The number of aromatic nitrogens is 3. The Morgan fingerprint density at radius 1 is 1.50 bits per heavy atom. The summed E-state index contributed by atoms with van der Waals surface area (Å²) < 4.78 is 6.27. The molecule has 118 valence electrons. The van der Waals surface area contributed by atoms with Gasteiger partial charge in [-0.25, -0.2) is 4.98 Å². The molecular formula is C13H15ClN4O3S. The third-order valence-electron chi connectivity index (χ3n) is 2.77. The molecule has 0 spiro atoms. The predicted octanol–water partition coefficient (Wildman–Crippen LogP) is 2.20. The number of carbonyl (C=O) groups excluding carboxylic acids is 2. The molecule has 0 radical (unpaired) electrons. The van der Waals surface area contributed by atoms with Gasteiger partial charge in [-0.1, -0.05) is 11.6 Å². The highest BCUT2D eigenvalue weighted by Crippen LogP contribution is 2.22. The molecule has 2 aromatic rings. The van der Waals surface area contributed by atoms with Gasteiger partial charge in [0.1, 0.15) is 5.69 Å². The van der Waals surface area contributed by atoms with Crippen LogP contribution in [0.25, 0.3) is 0 Å². The predicted molar refractivity (Wildman–Crippen MR) is 83.4 cm³/mol. The Kier molecular flexibility index (Phi) is 5.15. The Labute approximate surface area is 136 Å². The van der Waals surface area contributed by atoms with Crippen LogP contribution in [0.4, 0.5) is 5.13 Å². The van der Waals surface area contributed by atoms with E-state index in [1.165, 1.54) is 16.0 Å². The second kappa shape index (κ2) is 6.89. The molecule has 0 aromatic carbocycles. The number of ether oxygens (including phenoxy) is 1. The number of carbonyl (C=O) groups is 2. The van der Waals surface area contributed by atoms with Crippen molar-refractivity contribution in [3.8, 4) is 0 Å². The van der Waals surface area contributed by atoms with E-state index in [1.807, 2.05) is 0 Å². The van der Waals surface area contributed by atoms with E-state index in [-0.39, 0.29) is 18.1 Å². The largest absolute Gasteiger partial charge is 0.466 e. The van der Waals surface area contributed by atoms with Crippen LogP contribution in [-0.2, 0) is 23.0 Å². The molecule has 0 unspecified atom stereocenters. The number of aryl methyl sites for hydroxylation is 2.